The second-order valence-electron chi connectivity index (χ2n) is 3.54. The van der Waals surface area contributed by atoms with Crippen molar-refractivity contribution in [2.75, 3.05) is 0 Å². The quantitative estimate of drug-likeness (QED) is 0.933. The van der Waals surface area contributed by atoms with Gasteiger partial charge in [0.15, 0.2) is 5.16 Å². The molecule has 0 aliphatic carbocycles. The van der Waals surface area contributed by atoms with Crippen LogP contribution in [0.1, 0.15) is 12.5 Å². The SMILES string of the molecule is CCn1c(Sc2c(F)cc(C#N)cc2F)n[nH]c1=O. The van der Waals surface area contributed by atoms with Crippen molar-refractivity contribution < 1.29 is 8.78 Å². The lowest BCUT2D eigenvalue weighted by Crippen LogP contribution is -2.16. The second-order valence-corrected chi connectivity index (χ2v) is 4.52. The maximum absolute atomic E-state index is 13.7. The monoisotopic (exact) mass is 282 g/mol. The van der Waals surface area contributed by atoms with Crippen LogP contribution in [0.15, 0.2) is 27.0 Å². The first kappa shape index (κ1) is 13.3. The molecule has 1 aromatic heterocycles. The van der Waals surface area contributed by atoms with E-state index in [-0.39, 0.29) is 15.6 Å². The molecule has 98 valence electrons. The van der Waals surface area contributed by atoms with Gasteiger partial charge in [-0.25, -0.2) is 18.7 Å². The van der Waals surface area contributed by atoms with E-state index in [4.69, 9.17) is 5.26 Å². The normalized spacial score (nSPS) is 10.4. The van der Waals surface area contributed by atoms with Crippen molar-refractivity contribution in [1.82, 2.24) is 14.8 Å². The van der Waals surface area contributed by atoms with Gasteiger partial charge in [-0.3, -0.25) is 4.57 Å². The fraction of sp³-hybridized carbons (Fsp3) is 0.182. The summed E-state index contributed by atoms with van der Waals surface area (Å²) in [5.41, 5.74) is -0.547. The smallest absolute Gasteiger partial charge is 0.270 e. The number of hydrogen-bond acceptors (Lipinski definition) is 4. The number of H-pyrrole nitrogens is 1. The molecule has 5 nitrogen and oxygen atoms in total. The summed E-state index contributed by atoms with van der Waals surface area (Å²) in [6, 6.07) is 3.53. The lowest BCUT2D eigenvalue weighted by molar-refractivity contribution is 0.538. The molecule has 0 amide bonds. The molecule has 2 rings (SSSR count). The van der Waals surface area contributed by atoms with Crippen molar-refractivity contribution in [1.29, 1.82) is 5.26 Å². The minimum atomic E-state index is -0.861. The van der Waals surface area contributed by atoms with E-state index in [1.54, 1.807) is 13.0 Å². The molecule has 0 bridgehead atoms. The average molecular weight is 282 g/mol. The predicted molar refractivity (Wildman–Crippen MR) is 63.7 cm³/mol. The molecular formula is C11H8F2N4OS. The van der Waals surface area contributed by atoms with Crippen LogP contribution in [0.2, 0.25) is 0 Å². The molecule has 0 aliphatic heterocycles. The van der Waals surface area contributed by atoms with Gasteiger partial charge in [0.2, 0.25) is 0 Å². The van der Waals surface area contributed by atoms with E-state index in [0.29, 0.717) is 18.3 Å². The Morgan fingerprint density at radius 2 is 2.11 bits per heavy atom. The highest BCUT2D eigenvalue weighted by Crippen LogP contribution is 2.30. The molecule has 0 atom stereocenters. The first-order chi connectivity index (χ1) is 9.06. The van der Waals surface area contributed by atoms with Crippen molar-refractivity contribution >= 4 is 11.8 Å². The highest BCUT2D eigenvalue weighted by atomic mass is 32.2. The van der Waals surface area contributed by atoms with Crippen LogP contribution >= 0.6 is 11.8 Å². The first-order valence-corrected chi connectivity index (χ1v) is 6.10. The van der Waals surface area contributed by atoms with Crippen LogP contribution in [0, 0.1) is 23.0 Å². The van der Waals surface area contributed by atoms with E-state index in [2.05, 4.69) is 10.2 Å². The minimum Gasteiger partial charge on any atom is -0.270 e. The van der Waals surface area contributed by atoms with E-state index in [1.807, 2.05) is 0 Å². The van der Waals surface area contributed by atoms with E-state index in [9.17, 15) is 13.6 Å². The summed E-state index contributed by atoms with van der Waals surface area (Å²) in [7, 11) is 0. The van der Waals surface area contributed by atoms with Gasteiger partial charge < -0.3 is 0 Å². The summed E-state index contributed by atoms with van der Waals surface area (Å²) in [6.07, 6.45) is 0. The number of aromatic amines is 1. The molecule has 0 saturated carbocycles. The number of nitrogens with zero attached hydrogens (tertiary/aromatic N) is 3. The van der Waals surface area contributed by atoms with E-state index in [1.165, 1.54) is 4.57 Å². The molecule has 1 aromatic carbocycles. The van der Waals surface area contributed by atoms with Crippen molar-refractivity contribution in [2.45, 2.75) is 23.5 Å². The van der Waals surface area contributed by atoms with Crippen LogP contribution in [0.5, 0.6) is 0 Å². The highest BCUT2D eigenvalue weighted by Gasteiger charge is 2.16. The molecule has 0 aliphatic rings. The van der Waals surface area contributed by atoms with Crippen LogP contribution < -0.4 is 5.69 Å². The van der Waals surface area contributed by atoms with Crippen LogP contribution in [0.25, 0.3) is 0 Å². The van der Waals surface area contributed by atoms with E-state index in [0.717, 1.165) is 12.1 Å². The maximum atomic E-state index is 13.7. The molecule has 0 fully saturated rings. The summed E-state index contributed by atoms with van der Waals surface area (Å²) in [5, 5.41) is 14.7. The Bertz CT molecular complexity index is 693. The molecule has 0 unspecified atom stereocenters. The van der Waals surface area contributed by atoms with Crippen LogP contribution in [-0.4, -0.2) is 14.8 Å². The van der Waals surface area contributed by atoms with Gasteiger partial charge in [-0.15, -0.1) is 5.10 Å². The van der Waals surface area contributed by atoms with Gasteiger partial charge in [0, 0.05) is 6.54 Å². The Kier molecular flexibility index (Phi) is 3.66. The molecule has 0 saturated heterocycles. The van der Waals surface area contributed by atoms with E-state index >= 15 is 0 Å². The number of benzene rings is 1. The number of nitriles is 1. The average Bonchev–Trinajstić information content (AvgIpc) is 2.73. The van der Waals surface area contributed by atoms with Crippen LogP contribution in [0.3, 0.4) is 0 Å². The number of nitrogens with one attached hydrogen (secondary N) is 1. The fourth-order valence-electron chi connectivity index (χ4n) is 1.47. The summed E-state index contributed by atoms with van der Waals surface area (Å²) in [6.45, 7) is 2.05. The minimum absolute atomic E-state index is 0.103. The Morgan fingerprint density at radius 3 is 2.63 bits per heavy atom. The van der Waals surface area contributed by atoms with Gasteiger partial charge in [0.05, 0.1) is 16.5 Å². The van der Waals surface area contributed by atoms with Gasteiger partial charge >= 0.3 is 5.69 Å². The molecule has 1 N–H and O–H groups in total. The van der Waals surface area contributed by atoms with Gasteiger partial charge in [0.1, 0.15) is 11.6 Å². The Hall–Kier alpha value is -2.14. The van der Waals surface area contributed by atoms with Gasteiger partial charge in [-0.2, -0.15) is 5.26 Å². The molecule has 8 heteroatoms. The zero-order valence-corrected chi connectivity index (χ0v) is 10.6. The van der Waals surface area contributed by atoms with Crippen molar-refractivity contribution in [2.24, 2.45) is 0 Å². The highest BCUT2D eigenvalue weighted by molar-refractivity contribution is 7.99. The van der Waals surface area contributed by atoms with Gasteiger partial charge in [0.25, 0.3) is 0 Å². The number of hydrogen-bond donors (Lipinski definition) is 1. The molecular weight excluding hydrogens is 274 g/mol. The van der Waals surface area contributed by atoms with E-state index < -0.39 is 17.3 Å². The lowest BCUT2D eigenvalue weighted by Gasteiger charge is -2.05. The molecule has 19 heavy (non-hydrogen) atoms. The zero-order valence-electron chi connectivity index (χ0n) is 9.78. The molecule has 2 aromatic rings. The Morgan fingerprint density at radius 1 is 1.47 bits per heavy atom. The summed E-state index contributed by atoms with van der Waals surface area (Å²) < 4.78 is 28.6. The van der Waals surface area contributed by atoms with Crippen LogP contribution in [-0.2, 0) is 6.54 Å². The number of rotatable bonds is 3. The van der Waals surface area contributed by atoms with Gasteiger partial charge in [-0.05, 0) is 30.8 Å². The lowest BCUT2D eigenvalue weighted by atomic mass is 10.2. The Balaban J connectivity index is 2.44. The predicted octanol–water partition coefficient (Wildman–Crippen LogP) is 1.89. The summed E-state index contributed by atoms with van der Waals surface area (Å²) in [4.78, 5) is 11.0. The standard InChI is InChI=1S/C11H8F2N4OS/c1-2-17-10(18)15-16-11(17)19-9-7(12)3-6(5-14)4-8(9)13/h3-4H,2H2,1H3,(H,15,18). The topological polar surface area (TPSA) is 74.5 Å². The number of aromatic nitrogens is 3. The third-order valence-corrected chi connectivity index (χ3v) is 3.45. The van der Waals surface area contributed by atoms with Crippen molar-refractivity contribution in [3.8, 4) is 6.07 Å². The maximum Gasteiger partial charge on any atom is 0.343 e. The molecule has 0 radical (unpaired) electrons. The Labute approximate surface area is 110 Å². The number of halogens is 2. The summed E-state index contributed by atoms with van der Waals surface area (Å²) >= 11 is 0.693. The third-order valence-electron chi connectivity index (χ3n) is 2.36. The molecule has 1 heterocycles. The third kappa shape index (κ3) is 2.51. The fourth-order valence-corrected chi connectivity index (χ4v) is 2.38. The zero-order chi connectivity index (χ0) is 14.0. The van der Waals surface area contributed by atoms with Crippen LogP contribution in [0.4, 0.5) is 8.78 Å². The van der Waals surface area contributed by atoms with Gasteiger partial charge in [-0.1, -0.05) is 0 Å². The van der Waals surface area contributed by atoms with Crippen molar-refractivity contribution in [3.05, 3.63) is 39.8 Å². The first-order valence-electron chi connectivity index (χ1n) is 5.29. The van der Waals surface area contributed by atoms with Crippen molar-refractivity contribution in [3.63, 3.8) is 0 Å². The molecule has 0 spiro atoms. The largest absolute Gasteiger partial charge is 0.343 e. The summed E-state index contributed by atoms with van der Waals surface area (Å²) in [5.74, 6) is -1.72. The second kappa shape index (κ2) is 5.24.